The van der Waals surface area contributed by atoms with Crippen LogP contribution in [-0.4, -0.2) is 67.0 Å². The van der Waals surface area contributed by atoms with Crippen molar-refractivity contribution in [2.24, 2.45) is 5.92 Å². The summed E-state index contributed by atoms with van der Waals surface area (Å²) in [7, 11) is 0. The van der Waals surface area contributed by atoms with Crippen molar-refractivity contribution in [2.45, 2.75) is 69.2 Å². The Morgan fingerprint density at radius 1 is 1.00 bits per heavy atom. The van der Waals surface area contributed by atoms with Crippen molar-refractivity contribution in [3.8, 4) is 10.6 Å². The molecule has 3 aliphatic rings. The molecule has 0 radical (unpaired) electrons. The molecule has 3 heterocycles. The highest BCUT2D eigenvalue weighted by atomic mass is 32.1. The molecule has 0 saturated heterocycles. The van der Waals surface area contributed by atoms with Gasteiger partial charge in [-0.25, -0.2) is 14.8 Å². The lowest BCUT2D eigenvalue weighted by Crippen LogP contribution is -2.45. The zero-order valence-corrected chi connectivity index (χ0v) is 24.1. The first-order valence-corrected chi connectivity index (χ1v) is 15.4. The molecule has 1 aromatic carbocycles. The fraction of sp³-hybridized carbons (Fsp3) is 0.433. The van der Waals surface area contributed by atoms with Crippen molar-refractivity contribution >= 4 is 45.0 Å². The lowest BCUT2D eigenvalue weighted by Gasteiger charge is -2.21. The predicted octanol–water partition coefficient (Wildman–Crippen LogP) is 4.25. The summed E-state index contributed by atoms with van der Waals surface area (Å²) in [5, 5.41) is 35.0. The monoisotopic (exact) mass is 586 g/mol. The first kappa shape index (κ1) is 27.0. The van der Waals surface area contributed by atoms with Gasteiger partial charge in [0.15, 0.2) is 0 Å². The van der Waals surface area contributed by atoms with Crippen LogP contribution in [0.15, 0.2) is 42.6 Å². The number of para-hydroxylation sites is 1. The number of anilines is 3. The van der Waals surface area contributed by atoms with Gasteiger partial charge < -0.3 is 31.5 Å². The average Bonchev–Trinajstić information content (AvgIpc) is 3.91. The second kappa shape index (κ2) is 11.1. The van der Waals surface area contributed by atoms with Crippen molar-refractivity contribution in [1.82, 2.24) is 25.3 Å². The first-order valence-electron chi connectivity index (χ1n) is 14.6. The number of thiazole rings is 1. The second-order valence-electron chi connectivity index (χ2n) is 11.6. The Bertz CT molecular complexity index is 1610. The quantitative estimate of drug-likeness (QED) is 0.169. The minimum atomic E-state index is -1.16. The highest BCUT2D eigenvalue weighted by molar-refractivity contribution is 7.21. The van der Waals surface area contributed by atoms with Crippen LogP contribution in [0.1, 0.15) is 49.4 Å². The molecule has 11 nitrogen and oxygen atoms in total. The molecule has 2 amide bonds. The molecular weight excluding hydrogens is 552 g/mol. The van der Waals surface area contributed by atoms with Crippen molar-refractivity contribution in [3.63, 3.8) is 0 Å². The van der Waals surface area contributed by atoms with Crippen molar-refractivity contribution in [2.75, 3.05) is 22.5 Å². The minimum absolute atomic E-state index is 0.299. The summed E-state index contributed by atoms with van der Waals surface area (Å²) in [4.78, 5) is 31.9. The lowest BCUT2D eigenvalue weighted by atomic mass is 10.1. The van der Waals surface area contributed by atoms with Crippen LogP contribution in [0.2, 0.25) is 0 Å². The van der Waals surface area contributed by atoms with E-state index in [1.807, 2.05) is 37.4 Å². The van der Waals surface area contributed by atoms with Crippen LogP contribution in [0.5, 0.6) is 0 Å². The van der Waals surface area contributed by atoms with E-state index in [1.165, 1.54) is 12.8 Å². The minimum Gasteiger partial charge on any atom is -0.388 e. The van der Waals surface area contributed by atoms with Gasteiger partial charge in [-0.2, -0.15) is 4.98 Å². The summed E-state index contributed by atoms with van der Waals surface area (Å²) >= 11 is 1.57. The van der Waals surface area contributed by atoms with Crippen molar-refractivity contribution in [3.05, 3.63) is 54.0 Å². The summed E-state index contributed by atoms with van der Waals surface area (Å²) in [6, 6.07) is 9.40. The number of fused-ring (bicyclic) bond motifs is 1. The number of carbonyl (C=O) groups is 1. The number of nitrogens with zero attached hydrogens (tertiary/aromatic N) is 4. The Morgan fingerprint density at radius 2 is 1.79 bits per heavy atom. The highest BCUT2D eigenvalue weighted by Crippen LogP contribution is 2.44. The number of aromatic nitrogens is 4. The zero-order valence-electron chi connectivity index (χ0n) is 23.2. The third-order valence-electron chi connectivity index (χ3n) is 8.20. The summed E-state index contributed by atoms with van der Waals surface area (Å²) in [5.41, 5.74) is 4.13. The van der Waals surface area contributed by atoms with Gasteiger partial charge in [-0.1, -0.05) is 18.2 Å². The van der Waals surface area contributed by atoms with E-state index in [9.17, 15) is 15.0 Å². The Labute approximate surface area is 247 Å². The van der Waals surface area contributed by atoms with E-state index in [4.69, 9.17) is 15.0 Å². The third-order valence-corrected chi connectivity index (χ3v) is 9.24. The average molecular weight is 587 g/mol. The van der Waals surface area contributed by atoms with Gasteiger partial charge in [0.2, 0.25) is 5.95 Å². The Hall–Kier alpha value is -3.87. The molecule has 7 rings (SSSR count). The number of aliphatic hydroxyl groups excluding tert-OH is 2. The number of aryl methyl sites for hydroxylation is 1. The highest BCUT2D eigenvalue weighted by Gasteiger charge is 2.43. The molecule has 0 unspecified atom stereocenters. The van der Waals surface area contributed by atoms with Crippen LogP contribution in [-0.2, 0) is 0 Å². The van der Waals surface area contributed by atoms with Crippen molar-refractivity contribution < 1.29 is 15.0 Å². The molecule has 4 aromatic rings. The van der Waals surface area contributed by atoms with E-state index < -0.39 is 30.3 Å². The first-order chi connectivity index (χ1) is 20.4. The molecule has 0 spiro atoms. The van der Waals surface area contributed by atoms with Gasteiger partial charge in [0.25, 0.3) is 0 Å². The predicted molar refractivity (Wildman–Crippen MR) is 163 cm³/mol. The summed E-state index contributed by atoms with van der Waals surface area (Å²) < 4.78 is 1.06. The largest absolute Gasteiger partial charge is 0.388 e. The van der Waals surface area contributed by atoms with E-state index in [2.05, 4.69) is 26.3 Å². The molecule has 0 bridgehead atoms. The standard InChI is InChI=1S/C30H34N8O3S/c1-15-22(28-37-24-21(42-28)11-12-31-23(24)17-9-10-17)27(38-29(33-15)32-14-16-7-8-16)35-19-13-20(26(40)25(19)39)36-30(41)34-18-5-3-2-4-6-18/h2-6,11-12,16-17,19-20,25-26,39-40H,7-10,13-14H2,1H3,(H2,34,36,41)(H2,32,33,35,38)/t19-,20+,25+,26-/m1/s1. The molecular formula is C30H34N8O3S. The fourth-order valence-corrected chi connectivity index (χ4v) is 6.62. The topological polar surface area (TPSA) is 157 Å². The van der Waals surface area contributed by atoms with Crippen LogP contribution >= 0.6 is 11.3 Å². The van der Waals surface area contributed by atoms with Crippen LogP contribution in [0.4, 0.5) is 22.2 Å². The van der Waals surface area contributed by atoms with Gasteiger partial charge in [-0.15, -0.1) is 11.3 Å². The number of hydrogen-bond donors (Lipinski definition) is 6. The number of nitrogens with one attached hydrogen (secondary N) is 4. The van der Waals surface area contributed by atoms with E-state index in [0.29, 0.717) is 35.7 Å². The molecule has 3 aromatic heterocycles. The van der Waals surface area contributed by atoms with Gasteiger partial charge in [0.05, 0.1) is 33.7 Å². The number of carbonyl (C=O) groups excluding carboxylic acids is 1. The van der Waals surface area contributed by atoms with E-state index in [1.54, 1.807) is 23.5 Å². The number of rotatable bonds is 9. The number of benzene rings is 1. The maximum absolute atomic E-state index is 12.6. The smallest absolute Gasteiger partial charge is 0.319 e. The van der Waals surface area contributed by atoms with Gasteiger partial charge in [-0.05, 0) is 63.1 Å². The van der Waals surface area contributed by atoms with Crippen LogP contribution in [0.25, 0.3) is 20.8 Å². The molecule has 42 heavy (non-hydrogen) atoms. The van der Waals surface area contributed by atoms with E-state index in [0.717, 1.165) is 51.6 Å². The van der Waals surface area contributed by atoms with Gasteiger partial charge in [-0.3, -0.25) is 4.98 Å². The Morgan fingerprint density at radius 3 is 2.55 bits per heavy atom. The van der Waals surface area contributed by atoms with E-state index in [-0.39, 0.29) is 0 Å². The molecule has 4 atom stereocenters. The number of amides is 2. The molecule has 3 saturated carbocycles. The van der Waals surface area contributed by atoms with Crippen molar-refractivity contribution in [1.29, 1.82) is 0 Å². The fourth-order valence-electron chi connectivity index (χ4n) is 5.56. The van der Waals surface area contributed by atoms with Gasteiger partial charge >= 0.3 is 6.03 Å². The second-order valence-corrected chi connectivity index (χ2v) is 12.6. The molecule has 218 valence electrons. The molecule has 3 aliphatic carbocycles. The molecule has 0 aliphatic heterocycles. The summed E-state index contributed by atoms with van der Waals surface area (Å²) in [6.45, 7) is 2.75. The number of aliphatic hydroxyl groups is 2. The summed E-state index contributed by atoms with van der Waals surface area (Å²) in [5.74, 6) is 2.15. The number of urea groups is 1. The Balaban J connectivity index is 1.16. The number of hydrogen-bond acceptors (Lipinski definition) is 10. The Kier molecular flexibility index (Phi) is 7.12. The number of pyridine rings is 1. The maximum atomic E-state index is 12.6. The molecule has 3 fully saturated rings. The molecule has 12 heteroatoms. The van der Waals surface area contributed by atoms with Crippen LogP contribution in [0, 0.1) is 12.8 Å². The maximum Gasteiger partial charge on any atom is 0.319 e. The van der Waals surface area contributed by atoms with Gasteiger partial charge in [0.1, 0.15) is 28.6 Å². The molecule has 6 N–H and O–H groups in total. The third kappa shape index (κ3) is 5.61. The van der Waals surface area contributed by atoms with Gasteiger partial charge in [0, 0.05) is 24.3 Å². The lowest BCUT2D eigenvalue weighted by molar-refractivity contribution is 0.0284. The van der Waals surface area contributed by atoms with E-state index >= 15 is 0 Å². The van der Waals surface area contributed by atoms with Crippen LogP contribution in [0.3, 0.4) is 0 Å². The zero-order chi connectivity index (χ0) is 28.8. The van der Waals surface area contributed by atoms with Crippen LogP contribution < -0.4 is 21.3 Å². The summed E-state index contributed by atoms with van der Waals surface area (Å²) in [6.07, 6.45) is 4.55. The SMILES string of the molecule is Cc1nc(NCC2CC2)nc(N[C@@H]2C[C@H](NC(=O)Nc3ccccc3)[C@@H](O)[C@H]2O)c1-c1nc2c(C3CC3)nccc2s1. The normalized spacial score (nSPS) is 23.6.